The van der Waals surface area contributed by atoms with Crippen molar-refractivity contribution in [2.45, 2.75) is 31.3 Å². The Morgan fingerprint density at radius 1 is 1.06 bits per heavy atom. The number of likely N-dealkylation sites (N-methyl/N-ethyl adjacent to an activating group) is 1. The molecule has 0 radical (unpaired) electrons. The van der Waals surface area contributed by atoms with Gasteiger partial charge in [0.05, 0.1) is 27.8 Å². The molecule has 0 N–H and O–H groups in total. The van der Waals surface area contributed by atoms with Crippen molar-refractivity contribution in [3.63, 3.8) is 0 Å². The molecular formula is C28H36N2O5. The zero-order valence-corrected chi connectivity index (χ0v) is 21.4. The highest BCUT2D eigenvalue weighted by Crippen LogP contribution is 2.42. The van der Waals surface area contributed by atoms with E-state index in [-0.39, 0.29) is 12.0 Å². The molecule has 1 amide bonds. The van der Waals surface area contributed by atoms with Crippen LogP contribution in [0.5, 0.6) is 11.5 Å². The topological polar surface area (TPSA) is 60.5 Å². The Morgan fingerprint density at radius 2 is 1.83 bits per heavy atom. The predicted molar refractivity (Wildman–Crippen MR) is 136 cm³/mol. The van der Waals surface area contributed by atoms with Gasteiger partial charge >= 0.3 is 0 Å². The van der Waals surface area contributed by atoms with Crippen molar-refractivity contribution < 1.29 is 23.7 Å². The molecule has 1 aliphatic heterocycles. The van der Waals surface area contributed by atoms with Gasteiger partial charge in [-0.25, -0.2) is 0 Å². The van der Waals surface area contributed by atoms with E-state index < -0.39 is 0 Å². The number of amides is 1. The standard InChI is InChI=1S/C28H36N2O5/c1-29(18-22-13-21-15-26(34-4)27(35-5)17-23(21)22)10-6-11-30-12-9-20-14-25(33-3)24(32-2)8-7-19(20)16-28(30)31/h7-9,12,14-15,17,22,24H,6,10-11,13,16,18H2,1-5H3/t22-,24?/m1/s1. The molecule has 3 aliphatic rings. The largest absolute Gasteiger partial charge is 0.498 e. The lowest BCUT2D eigenvalue weighted by Crippen LogP contribution is -2.33. The Hall–Kier alpha value is -3.03. The number of nitrogens with zero attached hydrogens (tertiary/aromatic N) is 2. The predicted octanol–water partition coefficient (Wildman–Crippen LogP) is 3.82. The van der Waals surface area contributed by atoms with E-state index in [0.717, 1.165) is 54.3 Å². The van der Waals surface area contributed by atoms with Crippen LogP contribution in [0.4, 0.5) is 0 Å². The fourth-order valence-corrected chi connectivity index (χ4v) is 5.01. The van der Waals surface area contributed by atoms with E-state index in [9.17, 15) is 4.79 Å². The number of methoxy groups -OCH3 is 4. The average molecular weight is 481 g/mol. The van der Waals surface area contributed by atoms with Gasteiger partial charge in [0.1, 0.15) is 11.9 Å². The number of hydrogen-bond donors (Lipinski definition) is 0. The third-order valence-corrected chi connectivity index (χ3v) is 7.03. The normalized spacial score (nSPS) is 21.1. The maximum atomic E-state index is 12.9. The van der Waals surface area contributed by atoms with Crippen molar-refractivity contribution in [3.05, 3.63) is 70.7 Å². The number of benzene rings is 1. The molecule has 0 spiro atoms. The summed E-state index contributed by atoms with van der Waals surface area (Å²) in [6.07, 6.45) is 11.9. The van der Waals surface area contributed by atoms with Gasteiger partial charge in [0.15, 0.2) is 11.5 Å². The second kappa shape index (κ2) is 11.1. The summed E-state index contributed by atoms with van der Waals surface area (Å²) in [5.74, 6) is 2.92. The SMILES string of the molecule is COC1=CC2=C(C=CC1OC)CC(=O)N(CCCN(C)C[C@H]1Cc3cc(OC)c(OC)cc31)C=C2. The molecule has 1 unspecified atom stereocenters. The van der Waals surface area contributed by atoms with Gasteiger partial charge in [-0.2, -0.15) is 0 Å². The first kappa shape index (κ1) is 25.1. The molecule has 0 saturated heterocycles. The Morgan fingerprint density at radius 3 is 2.54 bits per heavy atom. The third kappa shape index (κ3) is 5.46. The Balaban J connectivity index is 1.30. The van der Waals surface area contributed by atoms with Gasteiger partial charge in [-0.15, -0.1) is 0 Å². The van der Waals surface area contributed by atoms with Crippen molar-refractivity contribution in [1.29, 1.82) is 0 Å². The molecule has 188 valence electrons. The van der Waals surface area contributed by atoms with Gasteiger partial charge in [-0.3, -0.25) is 4.79 Å². The molecule has 1 aromatic carbocycles. The Labute approximate surface area is 208 Å². The van der Waals surface area contributed by atoms with Gasteiger partial charge in [0, 0.05) is 32.3 Å². The first-order valence-corrected chi connectivity index (χ1v) is 12.1. The molecule has 7 heteroatoms. The van der Waals surface area contributed by atoms with Crippen LogP contribution in [0.2, 0.25) is 0 Å². The lowest BCUT2D eigenvalue weighted by Gasteiger charge is -2.34. The van der Waals surface area contributed by atoms with Gasteiger partial charge < -0.3 is 28.7 Å². The van der Waals surface area contributed by atoms with E-state index >= 15 is 0 Å². The number of rotatable bonds is 10. The lowest BCUT2D eigenvalue weighted by molar-refractivity contribution is -0.127. The molecule has 0 aromatic heterocycles. The highest BCUT2D eigenvalue weighted by Gasteiger charge is 2.29. The Bertz CT molecular complexity index is 1070. The summed E-state index contributed by atoms with van der Waals surface area (Å²) in [6.45, 7) is 2.60. The average Bonchev–Trinajstić information content (AvgIpc) is 3.11. The fraction of sp³-hybridized carbons (Fsp3) is 0.464. The number of carbonyl (C=O) groups is 1. The van der Waals surface area contributed by atoms with Gasteiger partial charge in [0.2, 0.25) is 5.91 Å². The van der Waals surface area contributed by atoms with Crippen LogP contribution in [0.25, 0.3) is 0 Å². The molecule has 2 atom stereocenters. The molecule has 1 heterocycles. The van der Waals surface area contributed by atoms with E-state index in [1.807, 2.05) is 35.4 Å². The van der Waals surface area contributed by atoms with Gasteiger partial charge in [0.25, 0.3) is 0 Å². The number of carbonyl (C=O) groups excluding carboxylic acids is 1. The summed E-state index contributed by atoms with van der Waals surface area (Å²) in [4.78, 5) is 17.1. The quantitative estimate of drug-likeness (QED) is 0.507. The second-order valence-electron chi connectivity index (χ2n) is 9.25. The summed E-state index contributed by atoms with van der Waals surface area (Å²) >= 11 is 0. The van der Waals surface area contributed by atoms with Crippen LogP contribution in [0.15, 0.2) is 59.5 Å². The minimum absolute atomic E-state index is 0.107. The van der Waals surface area contributed by atoms with Crippen LogP contribution in [-0.4, -0.2) is 76.9 Å². The number of hydrogen-bond acceptors (Lipinski definition) is 6. The first-order valence-electron chi connectivity index (χ1n) is 12.1. The van der Waals surface area contributed by atoms with E-state index in [1.54, 1.807) is 28.4 Å². The van der Waals surface area contributed by atoms with E-state index in [0.29, 0.717) is 18.9 Å². The maximum Gasteiger partial charge on any atom is 0.230 e. The minimum atomic E-state index is -0.243. The molecule has 35 heavy (non-hydrogen) atoms. The zero-order chi connectivity index (χ0) is 24.9. The molecular weight excluding hydrogens is 444 g/mol. The van der Waals surface area contributed by atoms with Crippen molar-refractivity contribution >= 4 is 5.91 Å². The van der Waals surface area contributed by atoms with Gasteiger partial charge in [-0.1, -0.05) is 6.08 Å². The van der Waals surface area contributed by atoms with Crippen LogP contribution in [0, 0.1) is 0 Å². The third-order valence-electron chi connectivity index (χ3n) is 7.03. The number of allylic oxidation sites excluding steroid dienone is 4. The van der Waals surface area contributed by atoms with Crippen molar-refractivity contribution in [3.8, 4) is 11.5 Å². The summed E-state index contributed by atoms with van der Waals surface area (Å²) in [5, 5.41) is 0. The smallest absolute Gasteiger partial charge is 0.230 e. The maximum absolute atomic E-state index is 12.9. The number of fused-ring (bicyclic) bond motifs is 1. The summed E-state index contributed by atoms with van der Waals surface area (Å²) in [7, 11) is 8.79. The zero-order valence-electron chi connectivity index (χ0n) is 21.4. The minimum Gasteiger partial charge on any atom is -0.498 e. The summed E-state index contributed by atoms with van der Waals surface area (Å²) < 4.78 is 21.9. The van der Waals surface area contributed by atoms with Crippen LogP contribution in [-0.2, 0) is 20.7 Å². The fourth-order valence-electron chi connectivity index (χ4n) is 5.01. The van der Waals surface area contributed by atoms with Gasteiger partial charge in [-0.05, 0) is 79.1 Å². The summed E-state index contributed by atoms with van der Waals surface area (Å²) in [6, 6.07) is 4.20. The monoisotopic (exact) mass is 480 g/mol. The lowest BCUT2D eigenvalue weighted by atomic mass is 9.77. The van der Waals surface area contributed by atoms with Crippen molar-refractivity contribution in [2.24, 2.45) is 0 Å². The van der Waals surface area contributed by atoms with Crippen LogP contribution < -0.4 is 9.47 Å². The highest BCUT2D eigenvalue weighted by atomic mass is 16.5. The highest BCUT2D eigenvalue weighted by molar-refractivity contribution is 5.82. The van der Waals surface area contributed by atoms with E-state index in [4.69, 9.17) is 18.9 Å². The van der Waals surface area contributed by atoms with E-state index in [2.05, 4.69) is 24.1 Å². The molecule has 0 saturated carbocycles. The van der Waals surface area contributed by atoms with Crippen molar-refractivity contribution in [2.75, 3.05) is 55.1 Å². The molecule has 0 fully saturated rings. The molecule has 4 rings (SSSR count). The second-order valence-corrected chi connectivity index (χ2v) is 9.25. The molecule has 2 aliphatic carbocycles. The molecule has 0 bridgehead atoms. The molecule has 7 nitrogen and oxygen atoms in total. The van der Waals surface area contributed by atoms with Crippen LogP contribution >= 0.6 is 0 Å². The van der Waals surface area contributed by atoms with Crippen molar-refractivity contribution in [1.82, 2.24) is 9.80 Å². The molecule has 1 aromatic rings. The Kier molecular flexibility index (Phi) is 7.98. The van der Waals surface area contributed by atoms with Crippen LogP contribution in [0.1, 0.15) is 29.9 Å². The first-order chi connectivity index (χ1) is 17.0. The van der Waals surface area contributed by atoms with Crippen LogP contribution in [0.3, 0.4) is 0 Å². The van der Waals surface area contributed by atoms with E-state index in [1.165, 1.54) is 11.1 Å². The number of ether oxygens (including phenoxy) is 4. The summed E-state index contributed by atoms with van der Waals surface area (Å²) in [5.41, 5.74) is 4.65.